The number of aromatic nitrogens is 2. The van der Waals surface area contributed by atoms with Crippen molar-refractivity contribution in [3.8, 4) is 11.6 Å². The number of amides is 4. The first-order valence-electron chi connectivity index (χ1n) is 19.2. The van der Waals surface area contributed by atoms with Crippen molar-refractivity contribution in [3.63, 3.8) is 0 Å². The molecule has 3 heterocycles. The highest BCUT2D eigenvalue weighted by Crippen LogP contribution is 2.47. The van der Waals surface area contributed by atoms with Gasteiger partial charge in [0, 0.05) is 18.4 Å². The van der Waals surface area contributed by atoms with Gasteiger partial charge in [-0.05, 0) is 77.8 Å². The van der Waals surface area contributed by atoms with Gasteiger partial charge in [-0.1, -0.05) is 31.9 Å². The molecule has 2 aliphatic heterocycles. The Bertz CT molecular complexity index is 2060. The van der Waals surface area contributed by atoms with Crippen molar-refractivity contribution in [1.29, 1.82) is 0 Å². The Morgan fingerprint density at radius 1 is 1.09 bits per heavy atom. The van der Waals surface area contributed by atoms with E-state index in [1.807, 2.05) is 13.0 Å². The van der Waals surface area contributed by atoms with Gasteiger partial charge in [-0.2, -0.15) is 13.2 Å². The molecule has 0 unspecified atom stereocenters. The molecule has 2 aromatic rings. The van der Waals surface area contributed by atoms with Gasteiger partial charge in [0.25, 0.3) is 5.91 Å². The predicted molar refractivity (Wildman–Crippen MR) is 199 cm³/mol. The molecule has 3 N–H and O–H groups in total. The second-order valence-electron chi connectivity index (χ2n) is 16.1. The summed E-state index contributed by atoms with van der Waals surface area (Å²) >= 11 is 0. The first kappa shape index (κ1) is 41.9. The molecule has 2 saturated carbocycles. The zero-order valence-electron chi connectivity index (χ0n) is 32.5. The number of nitrogens with zero attached hydrogens (tertiary/aromatic N) is 3. The molecule has 0 spiro atoms. The molecular weight excluding hydrogens is 774 g/mol. The molecule has 0 bridgehead atoms. The normalized spacial score (nSPS) is 27.1. The van der Waals surface area contributed by atoms with Gasteiger partial charge >= 0.3 is 12.3 Å². The average Bonchev–Trinajstić information content (AvgIpc) is 4.02. The summed E-state index contributed by atoms with van der Waals surface area (Å²) in [5, 5.41) is 5.36. The second-order valence-corrected chi connectivity index (χ2v) is 18.3. The maximum absolute atomic E-state index is 14.5. The van der Waals surface area contributed by atoms with Crippen molar-refractivity contribution in [3.05, 3.63) is 36.0 Å². The van der Waals surface area contributed by atoms with Gasteiger partial charge in [-0.25, -0.2) is 23.2 Å². The van der Waals surface area contributed by atoms with Gasteiger partial charge in [-0.3, -0.25) is 19.1 Å². The summed E-state index contributed by atoms with van der Waals surface area (Å²) in [6, 6.07) is 1.58. The zero-order chi connectivity index (χ0) is 41.6. The maximum atomic E-state index is 14.5. The number of ether oxygens (including phenoxy) is 3. The lowest BCUT2D eigenvalue weighted by Gasteiger charge is -2.31. The molecule has 4 aliphatic rings. The van der Waals surface area contributed by atoms with E-state index in [1.165, 1.54) is 32.2 Å². The van der Waals surface area contributed by atoms with Crippen molar-refractivity contribution in [2.75, 3.05) is 13.7 Å². The minimum absolute atomic E-state index is 0.0639. The summed E-state index contributed by atoms with van der Waals surface area (Å²) in [4.78, 5) is 64.8. The van der Waals surface area contributed by atoms with Crippen LogP contribution in [-0.2, 0) is 35.3 Å². The summed E-state index contributed by atoms with van der Waals surface area (Å²) in [5.41, 5.74) is -4.02. The molecule has 5 atom stereocenters. The van der Waals surface area contributed by atoms with Crippen molar-refractivity contribution in [1.82, 2.24) is 30.2 Å². The van der Waals surface area contributed by atoms with Crippen LogP contribution in [0.5, 0.6) is 11.6 Å². The Morgan fingerprint density at radius 3 is 2.49 bits per heavy atom. The number of fused-ring (bicyclic) bond motifs is 3. The Balaban J connectivity index is 1.34. The number of alkyl carbamates (subject to hydrolysis) is 1. The lowest BCUT2D eigenvalue weighted by Crippen LogP contribution is -2.58. The van der Waals surface area contributed by atoms with Crippen LogP contribution in [0.3, 0.4) is 0 Å². The molecule has 57 heavy (non-hydrogen) atoms. The number of methoxy groups -OCH3 is 1. The highest BCUT2D eigenvalue weighted by atomic mass is 32.2. The van der Waals surface area contributed by atoms with E-state index in [2.05, 4.69) is 25.3 Å². The molecule has 0 radical (unpaired) electrons. The number of hydrogen-bond donors (Lipinski definition) is 3. The van der Waals surface area contributed by atoms with Gasteiger partial charge < -0.3 is 29.7 Å². The first-order chi connectivity index (χ1) is 26.7. The van der Waals surface area contributed by atoms with E-state index in [9.17, 15) is 40.8 Å². The van der Waals surface area contributed by atoms with Gasteiger partial charge in [0.1, 0.15) is 35.1 Å². The van der Waals surface area contributed by atoms with E-state index in [1.54, 1.807) is 19.9 Å². The van der Waals surface area contributed by atoms with Crippen LogP contribution in [0.2, 0.25) is 0 Å². The smallest absolute Gasteiger partial charge is 0.438 e. The van der Waals surface area contributed by atoms with Crippen LogP contribution in [0, 0.1) is 5.92 Å². The van der Waals surface area contributed by atoms with E-state index in [4.69, 9.17) is 14.2 Å². The van der Waals surface area contributed by atoms with E-state index < -0.39 is 98.1 Å². The van der Waals surface area contributed by atoms with Crippen molar-refractivity contribution >= 4 is 44.9 Å². The minimum atomic E-state index is -5.01. The lowest BCUT2D eigenvalue weighted by atomic mass is 10.0. The fourth-order valence-electron chi connectivity index (χ4n) is 7.01. The lowest BCUT2D eigenvalue weighted by molar-refractivity contribution is -0.143. The zero-order valence-corrected chi connectivity index (χ0v) is 33.3. The monoisotopic (exact) mass is 822 g/mol. The Labute approximate surface area is 328 Å². The number of rotatable bonds is 9. The van der Waals surface area contributed by atoms with Crippen LogP contribution >= 0.6 is 0 Å². The molecule has 2 aliphatic carbocycles. The standard InChI is InChI=1S/C38H49F3N6O9S/c1-6-35(2,3)56-34(51)44-26-13-11-9-7-8-10-12-22-20-37(22,33(50)46-57(52,53)36(4)16-17-36)45-30(48)28-19-24(21-47(28)32(26)49)55-31-29(38(39,40)41)42-27-18-23(54-5)14-15-25(27)43-31/h10,12,14-15,18,22,24,26,28H,6-9,11,13,16-17,19-21H2,1-5H3,(H,44,51)(H,45,48)(H,46,50)/b12-10+/t22-,24-,26+,28+,37-/m1/s1. The number of nitrogens with one attached hydrogen (secondary N) is 3. The molecule has 15 nitrogen and oxygen atoms in total. The van der Waals surface area contributed by atoms with Crippen molar-refractivity contribution in [2.24, 2.45) is 5.92 Å². The number of sulfonamides is 1. The average molecular weight is 823 g/mol. The van der Waals surface area contributed by atoms with E-state index in [0.717, 1.165) is 4.90 Å². The summed E-state index contributed by atoms with van der Waals surface area (Å²) < 4.78 is 87.1. The highest BCUT2D eigenvalue weighted by Gasteiger charge is 2.63. The van der Waals surface area contributed by atoms with Crippen LogP contribution < -0.4 is 24.8 Å². The molecule has 1 aromatic carbocycles. The number of carbonyl (C=O) groups excluding carboxylic acids is 4. The third-order valence-corrected chi connectivity index (χ3v) is 13.5. The third-order valence-electron chi connectivity index (χ3n) is 11.4. The number of hydrogen-bond acceptors (Lipinski definition) is 11. The number of alkyl halides is 3. The minimum Gasteiger partial charge on any atom is -0.497 e. The van der Waals surface area contributed by atoms with Gasteiger partial charge in [-0.15, -0.1) is 0 Å². The van der Waals surface area contributed by atoms with E-state index in [-0.39, 0.29) is 36.0 Å². The molecule has 6 rings (SSSR count). The Kier molecular flexibility index (Phi) is 11.5. The van der Waals surface area contributed by atoms with Crippen LogP contribution in [0.4, 0.5) is 18.0 Å². The van der Waals surface area contributed by atoms with Crippen molar-refractivity contribution in [2.45, 2.75) is 132 Å². The number of allylic oxidation sites excluding steroid dienone is 1. The van der Waals surface area contributed by atoms with Crippen LogP contribution in [0.15, 0.2) is 30.4 Å². The molecule has 312 valence electrons. The molecule has 3 fully saturated rings. The van der Waals surface area contributed by atoms with E-state index >= 15 is 0 Å². The highest BCUT2D eigenvalue weighted by molar-refractivity contribution is 7.91. The SMILES string of the molecule is CCC(C)(C)OC(=O)N[C@H]1CCCCC/C=C/[C@@H]2C[C@@]2(C(=O)NS(=O)(=O)C2(C)CC2)NC(=O)[C@@H]2C[C@@H](Oc3nc4ccc(OC)cc4nc3C(F)(F)F)CN2C1=O. The van der Waals surface area contributed by atoms with Gasteiger partial charge in [0.2, 0.25) is 33.4 Å². The Hall–Kier alpha value is -4.68. The fraction of sp³-hybridized carbons (Fsp3) is 0.632. The topological polar surface area (TPSA) is 195 Å². The van der Waals surface area contributed by atoms with Crippen LogP contribution in [-0.4, -0.2) is 94.8 Å². The number of halogens is 3. The molecule has 1 aromatic heterocycles. The van der Waals surface area contributed by atoms with E-state index in [0.29, 0.717) is 44.9 Å². The Morgan fingerprint density at radius 2 is 1.82 bits per heavy atom. The molecule has 19 heteroatoms. The van der Waals surface area contributed by atoms with Gasteiger partial charge in [0.05, 0.1) is 29.4 Å². The van der Waals surface area contributed by atoms with Crippen LogP contribution in [0.1, 0.15) is 97.6 Å². The number of benzene rings is 1. The second kappa shape index (κ2) is 15.6. The van der Waals surface area contributed by atoms with Crippen LogP contribution in [0.25, 0.3) is 11.0 Å². The molecule has 1 saturated heterocycles. The summed E-state index contributed by atoms with van der Waals surface area (Å²) in [6.07, 6.45) is 0.0365. The fourth-order valence-corrected chi connectivity index (χ4v) is 8.32. The first-order valence-corrected chi connectivity index (χ1v) is 20.6. The summed E-state index contributed by atoms with van der Waals surface area (Å²) in [7, 11) is -2.74. The quantitative estimate of drug-likeness (QED) is 0.297. The predicted octanol–water partition coefficient (Wildman–Crippen LogP) is 4.68. The summed E-state index contributed by atoms with van der Waals surface area (Å²) in [5.74, 6) is -3.69. The summed E-state index contributed by atoms with van der Waals surface area (Å²) in [6.45, 7) is 6.35. The third kappa shape index (κ3) is 9.07. The molecule has 4 amide bonds. The largest absolute Gasteiger partial charge is 0.497 e. The van der Waals surface area contributed by atoms with Gasteiger partial charge in [0.15, 0.2) is 0 Å². The number of carbonyl (C=O) groups is 4. The molecular formula is C38H49F3N6O9S. The van der Waals surface area contributed by atoms with Crippen molar-refractivity contribution < 1.29 is 55.0 Å². The maximum Gasteiger partial charge on any atom is 0.438 e.